The number of alkyl halides is 2. The predicted molar refractivity (Wildman–Crippen MR) is 98.0 cm³/mol. The molecule has 1 aromatic carbocycles. The summed E-state index contributed by atoms with van der Waals surface area (Å²) in [5, 5.41) is 4.06. The summed E-state index contributed by atoms with van der Waals surface area (Å²) in [5.41, 5.74) is 0.665. The van der Waals surface area contributed by atoms with Gasteiger partial charge < -0.3 is 15.2 Å². The Kier molecular flexibility index (Phi) is 4.18. The first-order chi connectivity index (χ1) is 12.7. The second-order valence-corrected chi connectivity index (χ2v) is 8.27. The quantitative estimate of drug-likeness (QED) is 0.834. The second-order valence-electron chi connectivity index (χ2n) is 7.83. The van der Waals surface area contributed by atoms with Crippen LogP contribution in [0.5, 0.6) is 0 Å². The molecule has 1 aliphatic carbocycles. The zero-order valence-electron chi connectivity index (χ0n) is 14.8. The summed E-state index contributed by atoms with van der Waals surface area (Å²) in [6, 6.07) is 6.19. The molecule has 1 aromatic heterocycles. The number of hydrogen-bond donors (Lipinski definition) is 2. The molecule has 144 valence electrons. The van der Waals surface area contributed by atoms with Crippen molar-refractivity contribution in [2.45, 2.75) is 38.2 Å². The van der Waals surface area contributed by atoms with Crippen LogP contribution in [0.25, 0.3) is 10.9 Å². The maximum absolute atomic E-state index is 13.2. The van der Waals surface area contributed by atoms with E-state index in [4.69, 9.17) is 11.6 Å². The first-order valence-electron chi connectivity index (χ1n) is 8.92. The van der Waals surface area contributed by atoms with Gasteiger partial charge in [-0.15, -0.1) is 0 Å². The lowest BCUT2D eigenvalue weighted by molar-refractivity contribution is -0.158. The van der Waals surface area contributed by atoms with E-state index in [1.165, 1.54) is 0 Å². The van der Waals surface area contributed by atoms with Gasteiger partial charge in [0.2, 0.25) is 11.8 Å². The monoisotopic (exact) mass is 395 g/mol. The van der Waals surface area contributed by atoms with Crippen LogP contribution in [0.4, 0.5) is 8.78 Å². The number of carbonyl (C=O) groups excluding carboxylic acids is 2. The Morgan fingerprint density at radius 2 is 2.04 bits per heavy atom. The number of H-pyrrole nitrogens is 1. The Morgan fingerprint density at radius 1 is 1.30 bits per heavy atom. The van der Waals surface area contributed by atoms with Gasteiger partial charge in [0.25, 0.3) is 5.91 Å². The molecule has 1 aliphatic heterocycles. The number of benzene rings is 1. The summed E-state index contributed by atoms with van der Waals surface area (Å²) in [5.74, 6) is -3.24. The smallest absolute Gasteiger partial charge is 0.268 e. The van der Waals surface area contributed by atoms with E-state index >= 15 is 0 Å². The third kappa shape index (κ3) is 3.40. The van der Waals surface area contributed by atoms with Crippen LogP contribution in [0.15, 0.2) is 24.3 Å². The summed E-state index contributed by atoms with van der Waals surface area (Å²) in [4.78, 5) is 29.7. The van der Waals surface area contributed by atoms with E-state index in [1.54, 1.807) is 36.1 Å². The molecule has 0 unspecified atom stereocenters. The number of nitrogens with one attached hydrogen (secondary N) is 2. The molecule has 2 N–H and O–H groups in total. The normalized spacial score (nSPS) is 21.3. The molecular weight excluding hydrogens is 376 g/mol. The van der Waals surface area contributed by atoms with Gasteiger partial charge in [-0.05, 0) is 37.6 Å². The average Bonchev–Trinajstić information content (AvgIpc) is 3.17. The third-order valence-electron chi connectivity index (χ3n) is 5.56. The third-order valence-corrected chi connectivity index (χ3v) is 5.80. The molecule has 1 atom stereocenters. The highest BCUT2D eigenvalue weighted by Gasteiger charge is 2.59. The van der Waals surface area contributed by atoms with Crippen molar-refractivity contribution in [3.8, 4) is 0 Å². The van der Waals surface area contributed by atoms with Crippen LogP contribution in [0.3, 0.4) is 0 Å². The number of aromatic amines is 1. The number of carbonyl (C=O) groups is 2. The van der Waals surface area contributed by atoms with Crippen LogP contribution >= 0.6 is 11.6 Å². The first-order valence-corrected chi connectivity index (χ1v) is 9.30. The van der Waals surface area contributed by atoms with Gasteiger partial charge in [0, 0.05) is 47.3 Å². The van der Waals surface area contributed by atoms with E-state index in [1.807, 2.05) is 0 Å². The Hall–Kier alpha value is -2.15. The fraction of sp³-hybridized carbons (Fsp3) is 0.474. The van der Waals surface area contributed by atoms with Crippen LogP contribution in [-0.2, 0) is 4.79 Å². The van der Waals surface area contributed by atoms with E-state index in [9.17, 15) is 18.4 Å². The first kappa shape index (κ1) is 18.2. The Balaban J connectivity index is 1.38. The number of halogens is 3. The SMILES string of the molecule is C[C@H](NC(=O)c1cc2cc(Cl)ccc2[nH]1)C(=O)N1CCC2(C1)CC(F)(F)C2. The fourth-order valence-electron chi connectivity index (χ4n) is 4.29. The molecule has 2 amide bonds. The van der Waals surface area contributed by atoms with Crippen molar-refractivity contribution < 1.29 is 18.4 Å². The molecule has 1 saturated heterocycles. The number of fused-ring (bicyclic) bond motifs is 1. The molecule has 0 bridgehead atoms. The lowest BCUT2D eigenvalue weighted by atomic mass is 9.65. The van der Waals surface area contributed by atoms with Gasteiger partial charge >= 0.3 is 0 Å². The van der Waals surface area contributed by atoms with Gasteiger partial charge in [-0.1, -0.05) is 11.6 Å². The number of aromatic nitrogens is 1. The van der Waals surface area contributed by atoms with Gasteiger partial charge in [-0.3, -0.25) is 9.59 Å². The van der Waals surface area contributed by atoms with Crippen molar-refractivity contribution in [3.63, 3.8) is 0 Å². The summed E-state index contributed by atoms with van der Waals surface area (Å²) in [6.45, 7) is 2.41. The van der Waals surface area contributed by atoms with Gasteiger partial charge in [0.05, 0.1) is 0 Å². The minimum Gasteiger partial charge on any atom is -0.351 e. The molecular formula is C19H20ClF2N3O2. The van der Waals surface area contributed by atoms with Crippen LogP contribution in [0.2, 0.25) is 5.02 Å². The van der Waals surface area contributed by atoms with Crippen LogP contribution < -0.4 is 5.32 Å². The van der Waals surface area contributed by atoms with Crippen molar-refractivity contribution in [1.82, 2.24) is 15.2 Å². The zero-order chi connectivity index (χ0) is 19.4. The van der Waals surface area contributed by atoms with Gasteiger partial charge in [-0.2, -0.15) is 0 Å². The number of rotatable bonds is 3. The summed E-state index contributed by atoms with van der Waals surface area (Å²) >= 11 is 5.95. The number of nitrogens with zero attached hydrogens (tertiary/aromatic N) is 1. The van der Waals surface area contributed by atoms with E-state index in [2.05, 4.69) is 10.3 Å². The topological polar surface area (TPSA) is 65.2 Å². The highest BCUT2D eigenvalue weighted by Crippen LogP contribution is 2.56. The second kappa shape index (κ2) is 6.19. The van der Waals surface area contributed by atoms with E-state index in [0.29, 0.717) is 30.2 Å². The van der Waals surface area contributed by atoms with E-state index in [-0.39, 0.29) is 18.7 Å². The predicted octanol–water partition coefficient (Wildman–Crippen LogP) is 3.59. The summed E-state index contributed by atoms with van der Waals surface area (Å²) in [7, 11) is 0. The maximum atomic E-state index is 13.2. The highest BCUT2D eigenvalue weighted by atomic mass is 35.5. The van der Waals surface area contributed by atoms with Crippen molar-refractivity contribution in [2.24, 2.45) is 5.41 Å². The average molecular weight is 396 g/mol. The Morgan fingerprint density at radius 3 is 2.74 bits per heavy atom. The maximum Gasteiger partial charge on any atom is 0.268 e. The number of likely N-dealkylation sites (tertiary alicyclic amines) is 1. The largest absolute Gasteiger partial charge is 0.351 e. The molecule has 27 heavy (non-hydrogen) atoms. The van der Waals surface area contributed by atoms with Crippen LogP contribution in [0, 0.1) is 5.41 Å². The highest BCUT2D eigenvalue weighted by molar-refractivity contribution is 6.31. The molecule has 2 aliphatic rings. The van der Waals surface area contributed by atoms with Crippen molar-refractivity contribution >= 4 is 34.3 Å². The molecule has 0 radical (unpaired) electrons. The van der Waals surface area contributed by atoms with Crippen LogP contribution in [-0.4, -0.2) is 46.8 Å². The number of hydrogen-bond acceptors (Lipinski definition) is 2. The minimum absolute atomic E-state index is 0.151. The van der Waals surface area contributed by atoms with Crippen LogP contribution in [0.1, 0.15) is 36.7 Å². The number of amides is 2. The van der Waals surface area contributed by atoms with E-state index < -0.39 is 23.3 Å². The standard InChI is InChI=1S/C19H20ClF2N3O2/c1-11(17(27)25-5-4-18(10-25)8-19(21,22)9-18)23-16(26)15-7-12-6-13(20)2-3-14(12)24-15/h2-3,6-7,11,24H,4-5,8-10H2,1H3,(H,23,26)/t11-/m0/s1. The summed E-state index contributed by atoms with van der Waals surface area (Å²) in [6.07, 6.45) is 0.294. The molecule has 4 rings (SSSR count). The van der Waals surface area contributed by atoms with Crippen molar-refractivity contribution in [1.29, 1.82) is 0 Å². The zero-order valence-corrected chi connectivity index (χ0v) is 15.6. The Labute approximate surface area is 160 Å². The Bertz CT molecular complexity index is 919. The molecule has 2 aromatic rings. The summed E-state index contributed by atoms with van der Waals surface area (Å²) < 4.78 is 26.4. The molecule has 2 fully saturated rings. The molecule has 2 heterocycles. The lowest BCUT2D eigenvalue weighted by Gasteiger charge is -2.44. The molecule has 1 spiro atoms. The van der Waals surface area contributed by atoms with Gasteiger partial charge in [0.1, 0.15) is 11.7 Å². The molecule has 5 nitrogen and oxygen atoms in total. The van der Waals surface area contributed by atoms with Crippen molar-refractivity contribution in [2.75, 3.05) is 13.1 Å². The van der Waals surface area contributed by atoms with E-state index in [0.717, 1.165) is 10.9 Å². The fourth-order valence-corrected chi connectivity index (χ4v) is 4.47. The molecule has 8 heteroatoms. The molecule has 1 saturated carbocycles. The van der Waals surface area contributed by atoms with Gasteiger partial charge in [-0.25, -0.2) is 8.78 Å². The van der Waals surface area contributed by atoms with Crippen molar-refractivity contribution in [3.05, 3.63) is 35.0 Å². The lowest BCUT2D eigenvalue weighted by Crippen LogP contribution is -2.50. The van der Waals surface area contributed by atoms with Gasteiger partial charge in [0.15, 0.2) is 0 Å². The minimum atomic E-state index is -2.60.